The molecule has 1 aromatic carbocycles. The predicted octanol–water partition coefficient (Wildman–Crippen LogP) is 3.91. The summed E-state index contributed by atoms with van der Waals surface area (Å²) in [6, 6.07) is 5.16. The quantitative estimate of drug-likeness (QED) is 0.822. The third-order valence-electron chi connectivity index (χ3n) is 7.81. The average Bonchev–Trinajstić information content (AvgIpc) is 3.47. The van der Waals surface area contributed by atoms with Crippen LogP contribution in [-0.4, -0.2) is 36.9 Å². The van der Waals surface area contributed by atoms with Crippen molar-refractivity contribution in [1.29, 1.82) is 0 Å². The first-order valence-electron chi connectivity index (χ1n) is 10.6. The molecular formula is C23H31NO2. The van der Waals surface area contributed by atoms with Gasteiger partial charge in [-0.2, -0.15) is 0 Å². The van der Waals surface area contributed by atoms with Crippen molar-refractivity contribution in [3.05, 3.63) is 28.8 Å². The molecule has 2 saturated carbocycles. The molecule has 0 radical (unpaired) electrons. The Bertz CT molecular complexity index is 738. The number of hydrogen-bond acceptors (Lipinski definition) is 3. The molecule has 1 aliphatic heterocycles. The number of methoxy groups -OCH3 is 1. The average molecular weight is 354 g/mol. The standard InChI is InChI=1S/C23H31NO2/c1-3-16-10-18(26-2)11-21-19(16)12-22-20-7-6-17(25)13-23(20,21)8-9-24(22)14-15-4-5-15/h10-11,15,20,22H,3-9,12-14H2,1-2H3/t20-,22+,23-/m0/s1. The van der Waals surface area contributed by atoms with Gasteiger partial charge in [-0.15, -0.1) is 0 Å². The number of fused-ring (bicyclic) bond motifs is 1. The number of rotatable bonds is 4. The number of ether oxygens (including phenoxy) is 1. The lowest BCUT2D eigenvalue weighted by molar-refractivity contribution is -0.127. The summed E-state index contributed by atoms with van der Waals surface area (Å²) in [4.78, 5) is 15.4. The van der Waals surface area contributed by atoms with E-state index < -0.39 is 0 Å². The fraction of sp³-hybridized carbons (Fsp3) is 0.696. The summed E-state index contributed by atoms with van der Waals surface area (Å²) in [5, 5.41) is 0. The molecule has 1 aromatic rings. The lowest BCUT2D eigenvalue weighted by Gasteiger charge is -2.59. The minimum absolute atomic E-state index is 0.0755. The molecule has 1 heterocycles. The Morgan fingerprint density at radius 3 is 2.85 bits per heavy atom. The van der Waals surface area contributed by atoms with Crippen molar-refractivity contribution < 1.29 is 9.53 Å². The molecule has 3 atom stereocenters. The topological polar surface area (TPSA) is 29.5 Å². The second kappa shape index (κ2) is 6.09. The maximum absolute atomic E-state index is 12.6. The maximum atomic E-state index is 12.6. The number of aryl methyl sites for hydroxylation is 1. The minimum Gasteiger partial charge on any atom is -0.497 e. The van der Waals surface area contributed by atoms with Crippen LogP contribution in [-0.2, 0) is 23.1 Å². The normalized spacial score (nSPS) is 33.5. The van der Waals surface area contributed by atoms with Crippen LogP contribution in [0, 0.1) is 11.8 Å². The third kappa shape index (κ3) is 2.46. The first-order valence-corrected chi connectivity index (χ1v) is 10.6. The lowest BCUT2D eigenvalue weighted by Crippen LogP contribution is -2.62. The van der Waals surface area contributed by atoms with Gasteiger partial charge in [0.1, 0.15) is 11.5 Å². The Morgan fingerprint density at radius 2 is 2.12 bits per heavy atom. The molecule has 3 heteroatoms. The highest BCUT2D eigenvalue weighted by Gasteiger charge is 2.56. The number of hydrogen-bond donors (Lipinski definition) is 0. The summed E-state index contributed by atoms with van der Waals surface area (Å²) >= 11 is 0. The molecule has 2 bridgehead atoms. The van der Waals surface area contributed by atoms with E-state index in [4.69, 9.17) is 4.74 Å². The molecule has 0 aromatic heterocycles. The Morgan fingerprint density at radius 1 is 1.27 bits per heavy atom. The summed E-state index contributed by atoms with van der Waals surface area (Å²) in [7, 11) is 1.77. The van der Waals surface area contributed by atoms with Crippen LogP contribution in [0.15, 0.2) is 12.1 Å². The summed E-state index contributed by atoms with van der Waals surface area (Å²) < 4.78 is 5.65. The van der Waals surface area contributed by atoms with E-state index >= 15 is 0 Å². The third-order valence-corrected chi connectivity index (χ3v) is 7.81. The minimum atomic E-state index is 0.0755. The van der Waals surface area contributed by atoms with Gasteiger partial charge in [0.15, 0.2) is 0 Å². The van der Waals surface area contributed by atoms with Crippen LogP contribution in [0.1, 0.15) is 62.1 Å². The van der Waals surface area contributed by atoms with Gasteiger partial charge < -0.3 is 4.74 Å². The number of carbonyl (C=O) groups excluding carboxylic acids is 1. The van der Waals surface area contributed by atoms with Gasteiger partial charge in [-0.05, 0) is 85.7 Å². The Labute approximate surface area is 157 Å². The fourth-order valence-electron chi connectivity index (χ4n) is 6.35. The number of carbonyl (C=O) groups is 1. The van der Waals surface area contributed by atoms with Crippen LogP contribution in [0.4, 0.5) is 0 Å². The molecule has 0 amide bonds. The van der Waals surface area contributed by atoms with Crippen molar-refractivity contribution in [2.45, 2.75) is 69.7 Å². The molecule has 3 fully saturated rings. The fourth-order valence-corrected chi connectivity index (χ4v) is 6.35. The van der Waals surface area contributed by atoms with Gasteiger partial charge in [0, 0.05) is 30.8 Å². The second-order valence-corrected chi connectivity index (χ2v) is 9.14. The largest absolute Gasteiger partial charge is 0.497 e. The van der Waals surface area contributed by atoms with Crippen molar-refractivity contribution in [2.75, 3.05) is 20.2 Å². The van der Waals surface area contributed by atoms with Gasteiger partial charge in [0.25, 0.3) is 0 Å². The second-order valence-electron chi connectivity index (χ2n) is 9.14. The highest BCUT2D eigenvalue weighted by atomic mass is 16.5. The van der Waals surface area contributed by atoms with Crippen molar-refractivity contribution in [2.24, 2.45) is 11.8 Å². The van der Waals surface area contributed by atoms with E-state index in [9.17, 15) is 4.79 Å². The van der Waals surface area contributed by atoms with E-state index in [0.717, 1.165) is 43.8 Å². The molecule has 3 nitrogen and oxygen atoms in total. The van der Waals surface area contributed by atoms with Gasteiger partial charge in [0.05, 0.1) is 7.11 Å². The van der Waals surface area contributed by atoms with Crippen molar-refractivity contribution >= 4 is 5.78 Å². The molecule has 0 unspecified atom stereocenters. The van der Waals surface area contributed by atoms with E-state index in [-0.39, 0.29) is 5.41 Å². The van der Waals surface area contributed by atoms with Gasteiger partial charge in [-0.1, -0.05) is 6.92 Å². The lowest BCUT2D eigenvalue weighted by atomic mass is 9.51. The zero-order valence-corrected chi connectivity index (χ0v) is 16.2. The smallest absolute Gasteiger partial charge is 0.133 e. The number of nitrogens with zero attached hydrogens (tertiary/aromatic N) is 1. The number of ketones is 1. The summed E-state index contributed by atoms with van der Waals surface area (Å²) in [5.74, 6) is 3.04. The first kappa shape index (κ1) is 16.8. The molecule has 140 valence electrons. The monoisotopic (exact) mass is 353 g/mol. The molecule has 26 heavy (non-hydrogen) atoms. The number of piperidine rings is 1. The zero-order chi connectivity index (χ0) is 17.9. The van der Waals surface area contributed by atoms with Crippen molar-refractivity contribution in [3.8, 4) is 5.75 Å². The Hall–Kier alpha value is -1.35. The van der Waals surface area contributed by atoms with Gasteiger partial charge in [-0.3, -0.25) is 9.69 Å². The van der Waals surface area contributed by atoms with Crippen LogP contribution in [0.3, 0.4) is 0 Å². The summed E-state index contributed by atoms with van der Waals surface area (Å²) in [5.41, 5.74) is 4.53. The van der Waals surface area contributed by atoms with Crippen LogP contribution < -0.4 is 4.74 Å². The molecular weight excluding hydrogens is 322 g/mol. The van der Waals surface area contributed by atoms with E-state index in [2.05, 4.69) is 24.0 Å². The van der Waals surface area contributed by atoms with Gasteiger partial charge in [0.2, 0.25) is 0 Å². The van der Waals surface area contributed by atoms with Crippen LogP contribution in [0.25, 0.3) is 0 Å². The highest BCUT2D eigenvalue weighted by molar-refractivity contribution is 5.81. The van der Waals surface area contributed by atoms with E-state index in [0.29, 0.717) is 17.7 Å². The molecule has 4 aliphatic rings. The van der Waals surface area contributed by atoms with Crippen molar-refractivity contribution in [3.63, 3.8) is 0 Å². The molecule has 1 saturated heterocycles. The Kier molecular flexibility index (Phi) is 3.93. The van der Waals surface area contributed by atoms with E-state index in [1.807, 2.05) is 0 Å². The van der Waals surface area contributed by atoms with Crippen LogP contribution in [0.2, 0.25) is 0 Å². The van der Waals surface area contributed by atoms with Crippen LogP contribution >= 0.6 is 0 Å². The molecule has 0 spiro atoms. The number of likely N-dealkylation sites (tertiary alicyclic amines) is 1. The van der Waals surface area contributed by atoms with E-state index in [1.165, 1.54) is 43.5 Å². The summed E-state index contributed by atoms with van der Waals surface area (Å²) in [6.07, 6.45) is 8.85. The molecule has 3 aliphatic carbocycles. The van der Waals surface area contributed by atoms with Gasteiger partial charge in [-0.25, -0.2) is 0 Å². The molecule has 0 N–H and O–H groups in total. The first-order chi connectivity index (χ1) is 12.6. The zero-order valence-electron chi connectivity index (χ0n) is 16.2. The van der Waals surface area contributed by atoms with Crippen molar-refractivity contribution in [1.82, 2.24) is 4.90 Å². The number of Topliss-reactive ketones (excluding diaryl/α,β-unsaturated/α-hetero) is 1. The maximum Gasteiger partial charge on any atom is 0.133 e. The SMILES string of the molecule is CCc1cc(OC)cc2c1C[C@@H]1[C@@H]3CCC(=O)C[C@]23CCN1CC1CC1. The van der Waals surface area contributed by atoms with Gasteiger partial charge >= 0.3 is 0 Å². The highest BCUT2D eigenvalue weighted by Crippen LogP contribution is 2.56. The predicted molar refractivity (Wildman–Crippen MR) is 103 cm³/mol. The number of benzene rings is 1. The van der Waals surface area contributed by atoms with Crippen LogP contribution in [0.5, 0.6) is 5.75 Å². The molecule has 5 rings (SSSR count). The summed E-state index contributed by atoms with van der Waals surface area (Å²) in [6.45, 7) is 4.71. The van der Waals surface area contributed by atoms with E-state index in [1.54, 1.807) is 12.7 Å². The Balaban J connectivity index is 1.64.